The summed E-state index contributed by atoms with van der Waals surface area (Å²) in [7, 11) is 0. The average molecular weight is 247 g/mol. The van der Waals surface area contributed by atoms with E-state index in [1.165, 1.54) is 11.3 Å². The third-order valence-corrected chi connectivity index (χ3v) is 3.08. The molecule has 1 aliphatic rings. The van der Waals surface area contributed by atoms with Crippen LogP contribution in [0.1, 0.15) is 26.3 Å². The minimum absolute atomic E-state index is 0.0596. The highest BCUT2D eigenvalue weighted by Crippen LogP contribution is 2.20. The van der Waals surface area contributed by atoms with E-state index in [4.69, 9.17) is 12.2 Å². The van der Waals surface area contributed by atoms with E-state index in [-0.39, 0.29) is 5.54 Å². The predicted octanol–water partition coefficient (Wildman–Crippen LogP) is 2.45. The van der Waals surface area contributed by atoms with Crippen molar-refractivity contribution in [2.45, 2.75) is 32.9 Å². The third-order valence-electron chi connectivity index (χ3n) is 2.76. The molecule has 0 saturated carbocycles. The molecule has 0 aromatic carbocycles. The Hall–Kier alpha value is -1.42. The number of rotatable bonds is 2. The zero-order valence-corrected chi connectivity index (χ0v) is 11.2. The molecule has 90 valence electrons. The summed E-state index contributed by atoms with van der Waals surface area (Å²) in [5, 5.41) is 4.11. The minimum Gasteiger partial charge on any atom is -0.354 e. The van der Waals surface area contributed by atoms with E-state index < -0.39 is 0 Å². The molecule has 2 rings (SSSR count). The van der Waals surface area contributed by atoms with Crippen molar-refractivity contribution in [3.05, 3.63) is 41.9 Å². The summed E-state index contributed by atoms with van der Waals surface area (Å²) in [6, 6.07) is 4.02. The zero-order chi connectivity index (χ0) is 12.5. The molecule has 0 radical (unpaired) electrons. The number of allylic oxidation sites excluding steroid dienone is 1. The van der Waals surface area contributed by atoms with Crippen LogP contribution in [0.3, 0.4) is 0 Å². The number of nitrogens with zero attached hydrogens (tertiary/aromatic N) is 2. The Morgan fingerprint density at radius 3 is 2.59 bits per heavy atom. The molecule has 1 N–H and O–H groups in total. The summed E-state index contributed by atoms with van der Waals surface area (Å²) in [5.74, 6) is 0. The number of aromatic nitrogens is 1. The van der Waals surface area contributed by atoms with Gasteiger partial charge in [-0.2, -0.15) is 0 Å². The highest BCUT2D eigenvalue weighted by atomic mass is 32.1. The molecule has 0 unspecified atom stereocenters. The molecule has 0 bridgehead atoms. The van der Waals surface area contributed by atoms with Gasteiger partial charge in [0.25, 0.3) is 0 Å². The van der Waals surface area contributed by atoms with E-state index in [1.807, 2.05) is 12.1 Å². The first-order chi connectivity index (χ1) is 7.98. The fourth-order valence-electron chi connectivity index (χ4n) is 2.01. The van der Waals surface area contributed by atoms with Gasteiger partial charge in [-0.15, -0.1) is 0 Å². The Kier molecular flexibility index (Phi) is 3.15. The van der Waals surface area contributed by atoms with Crippen molar-refractivity contribution in [2.75, 3.05) is 0 Å². The Morgan fingerprint density at radius 2 is 2.00 bits per heavy atom. The quantitative estimate of drug-likeness (QED) is 0.813. The first kappa shape index (κ1) is 12.0. The van der Waals surface area contributed by atoms with Crippen LogP contribution in [0.2, 0.25) is 0 Å². The second kappa shape index (κ2) is 4.45. The third kappa shape index (κ3) is 2.82. The number of pyridine rings is 1. The van der Waals surface area contributed by atoms with Crippen molar-refractivity contribution in [1.29, 1.82) is 0 Å². The lowest BCUT2D eigenvalue weighted by molar-refractivity contribution is 0.422. The topological polar surface area (TPSA) is 28.2 Å². The van der Waals surface area contributed by atoms with Crippen LogP contribution >= 0.6 is 12.2 Å². The van der Waals surface area contributed by atoms with E-state index >= 15 is 0 Å². The second-order valence-corrected chi connectivity index (χ2v) is 5.27. The van der Waals surface area contributed by atoms with Crippen LogP contribution in [0.5, 0.6) is 0 Å². The van der Waals surface area contributed by atoms with Gasteiger partial charge in [0.15, 0.2) is 5.11 Å². The summed E-state index contributed by atoms with van der Waals surface area (Å²) < 4.78 is 0. The standard InChI is InChI=1S/C13H17N3S/c1-10-8-13(2,3)15-12(17)16(10)9-11-4-6-14-7-5-11/h4-8H,9H2,1-3H3,(H,15,17). The molecule has 0 atom stereocenters. The highest BCUT2D eigenvalue weighted by Gasteiger charge is 2.26. The SMILES string of the molecule is CC1=CC(C)(C)NC(=S)N1Cc1ccncc1. The molecule has 0 spiro atoms. The molecule has 0 amide bonds. The Labute approximate surface area is 108 Å². The van der Waals surface area contributed by atoms with Gasteiger partial charge in [0, 0.05) is 18.1 Å². The van der Waals surface area contributed by atoms with Crippen LogP contribution in [-0.4, -0.2) is 20.5 Å². The summed E-state index contributed by atoms with van der Waals surface area (Å²) >= 11 is 5.41. The summed E-state index contributed by atoms with van der Waals surface area (Å²) in [6.45, 7) is 7.11. The monoisotopic (exact) mass is 247 g/mol. The lowest BCUT2D eigenvalue weighted by Gasteiger charge is -2.38. The maximum atomic E-state index is 5.41. The number of hydrogen-bond donors (Lipinski definition) is 1. The molecule has 0 fully saturated rings. The molecular formula is C13H17N3S. The Morgan fingerprint density at radius 1 is 1.35 bits per heavy atom. The van der Waals surface area contributed by atoms with Crippen molar-refractivity contribution in [1.82, 2.24) is 15.2 Å². The number of thiocarbonyl (C=S) groups is 1. The van der Waals surface area contributed by atoms with Gasteiger partial charge in [-0.3, -0.25) is 4.98 Å². The molecular weight excluding hydrogens is 230 g/mol. The molecule has 1 aromatic heterocycles. The van der Waals surface area contributed by atoms with E-state index in [9.17, 15) is 0 Å². The molecule has 0 aliphatic carbocycles. The van der Waals surface area contributed by atoms with Gasteiger partial charge in [-0.25, -0.2) is 0 Å². The predicted molar refractivity (Wildman–Crippen MR) is 73.3 cm³/mol. The molecule has 17 heavy (non-hydrogen) atoms. The van der Waals surface area contributed by atoms with Crippen molar-refractivity contribution in [3.8, 4) is 0 Å². The van der Waals surface area contributed by atoms with Crippen molar-refractivity contribution in [2.24, 2.45) is 0 Å². The van der Waals surface area contributed by atoms with Crippen LogP contribution in [-0.2, 0) is 6.54 Å². The summed E-state index contributed by atoms with van der Waals surface area (Å²) in [4.78, 5) is 6.13. The summed E-state index contributed by atoms with van der Waals surface area (Å²) in [5.41, 5.74) is 2.34. The first-order valence-electron chi connectivity index (χ1n) is 5.66. The van der Waals surface area contributed by atoms with Gasteiger partial charge in [-0.05, 0) is 56.8 Å². The van der Waals surface area contributed by atoms with Crippen molar-refractivity contribution < 1.29 is 0 Å². The van der Waals surface area contributed by atoms with Crippen LogP contribution < -0.4 is 5.32 Å². The van der Waals surface area contributed by atoms with Gasteiger partial charge < -0.3 is 10.2 Å². The fourth-order valence-corrected chi connectivity index (χ4v) is 2.48. The normalized spacial score (nSPS) is 18.6. The zero-order valence-electron chi connectivity index (χ0n) is 10.4. The van der Waals surface area contributed by atoms with Crippen LogP contribution in [0.4, 0.5) is 0 Å². The molecule has 0 saturated heterocycles. The van der Waals surface area contributed by atoms with Gasteiger partial charge >= 0.3 is 0 Å². The maximum absolute atomic E-state index is 5.41. The smallest absolute Gasteiger partial charge is 0.174 e. The van der Waals surface area contributed by atoms with Crippen LogP contribution in [0.25, 0.3) is 0 Å². The van der Waals surface area contributed by atoms with E-state index in [0.717, 1.165) is 11.7 Å². The second-order valence-electron chi connectivity index (χ2n) is 4.88. The van der Waals surface area contributed by atoms with E-state index in [0.29, 0.717) is 0 Å². The molecule has 1 aromatic rings. The highest BCUT2D eigenvalue weighted by molar-refractivity contribution is 7.80. The van der Waals surface area contributed by atoms with Crippen molar-refractivity contribution >= 4 is 17.3 Å². The fraction of sp³-hybridized carbons (Fsp3) is 0.385. The van der Waals surface area contributed by atoms with E-state index in [1.54, 1.807) is 12.4 Å². The largest absolute Gasteiger partial charge is 0.354 e. The minimum atomic E-state index is -0.0596. The van der Waals surface area contributed by atoms with Gasteiger partial charge in [0.1, 0.15) is 0 Å². The Balaban J connectivity index is 2.20. The average Bonchev–Trinajstić information content (AvgIpc) is 2.24. The Bertz CT molecular complexity index is 451. The van der Waals surface area contributed by atoms with Crippen LogP contribution in [0.15, 0.2) is 36.3 Å². The summed E-state index contributed by atoms with van der Waals surface area (Å²) in [6.07, 6.45) is 5.81. The van der Waals surface area contributed by atoms with E-state index in [2.05, 4.69) is 42.0 Å². The molecule has 4 heteroatoms. The lowest BCUT2D eigenvalue weighted by atomic mass is 10.0. The molecule has 3 nitrogen and oxygen atoms in total. The molecule has 2 heterocycles. The van der Waals surface area contributed by atoms with Gasteiger partial charge in [-0.1, -0.05) is 0 Å². The van der Waals surface area contributed by atoms with Crippen molar-refractivity contribution in [3.63, 3.8) is 0 Å². The van der Waals surface area contributed by atoms with Gasteiger partial charge in [0.05, 0.1) is 12.1 Å². The first-order valence-corrected chi connectivity index (χ1v) is 6.07. The number of nitrogens with one attached hydrogen (secondary N) is 1. The lowest BCUT2D eigenvalue weighted by Crippen LogP contribution is -2.52. The molecule has 1 aliphatic heterocycles. The van der Waals surface area contributed by atoms with Gasteiger partial charge in [0.2, 0.25) is 0 Å². The maximum Gasteiger partial charge on any atom is 0.174 e. The van der Waals surface area contributed by atoms with Crippen LogP contribution in [0, 0.1) is 0 Å². The number of hydrogen-bond acceptors (Lipinski definition) is 2.